The van der Waals surface area contributed by atoms with Gasteiger partial charge in [0.1, 0.15) is 13.2 Å². The highest BCUT2D eigenvalue weighted by atomic mass is 16.5. The van der Waals surface area contributed by atoms with Gasteiger partial charge in [-0.1, -0.05) is 123 Å². The van der Waals surface area contributed by atoms with Gasteiger partial charge in [0.2, 0.25) is 11.8 Å². The monoisotopic (exact) mass is 714 g/mol. The van der Waals surface area contributed by atoms with Crippen molar-refractivity contribution in [2.24, 2.45) is 0 Å². The van der Waals surface area contributed by atoms with E-state index in [1.54, 1.807) is 0 Å². The standard InChI is InChI=1S/C46H58N4O3/c1-35(37-13-17-41(18-14-37)39-9-5-3-6-10-39)21-27-49-29-23-43(24-30-49)47-45(51)33-53-34-46(52)48-44-25-31-50(32-26-44)28-22-36(2)38-15-19-42(20-16-38)40-11-7-4-8-12-40/h3-20,35-36,43-44H,21-34H2,1-2H3,(H,47,51)(H,48,52)/t35-,36-/m1/s1. The van der Waals surface area contributed by atoms with Crippen LogP contribution in [0.4, 0.5) is 0 Å². The number of amides is 2. The zero-order valence-corrected chi connectivity index (χ0v) is 31.7. The summed E-state index contributed by atoms with van der Waals surface area (Å²) in [5, 5.41) is 6.24. The summed E-state index contributed by atoms with van der Waals surface area (Å²) in [4.78, 5) is 30.2. The van der Waals surface area contributed by atoms with Gasteiger partial charge in [-0.3, -0.25) is 9.59 Å². The molecule has 2 amide bonds. The van der Waals surface area contributed by atoms with Crippen LogP contribution < -0.4 is 10.6 Å². The number of rotatable bonds is 16. The van der Waals surface area contributed by atoms with E-state index in [1.165, 1.54) is 33.4 Å². The van der Waals surface area contributed by atoms with Crippen LogP contribution in [0.15, 0.2) is 109 Å². The second-order valence-corrected chi connectivity index (χ2v) is 15.2. The summed E-state index contributed by atoms with van der Waals surface area (Å²) >= 11 is 0. The molecule has 6 rings (SSSR count). The van der Waals surface area contributed by atoms with Gasteiger partial charge in [0, 0.05) is 38.3 Å². The molecule has 280 valence electrons. The van der Waals surface area contributed by atoms with Gasteiger partial charge in [-0.2, -0.15) is 0 Å². The van der Waals surface area contributed by atoms with Crippen LogP contribution >= 0.6 is 0 Å². The van der Waals surface area contributed by atoms with Crippen LogP contribution in [-0.4, -0.2) is 86.2 Å². The van der Waals surface area contributed by atoms with Gasteiger partial charge in [-0.15, -0.1) is 0 Å². The molecule has 7 heteroatoms. The zero-order chi connectivity index (χ0) is 36.8. The van der Waals surface area contributed by atoms with Crippen LogP contribution in [0, 0.1) is 0 Å². The van der Waals surface area contributed by atoms with Crippen LogP contribution in [0.5, 0.6) is 0 Å². The number of ether oxygens (including phenoxy) is 1. The van der Waals surface area contributed by atoms with Crippen molar-refractivity contribution >= 4 is 11.8 Å². The van der Waals surface area contributed by atoms with Crippen molar-refractivity contribution in [1.82, 2.24) is 20.4 Å². The van der Waals surface area contributed by atoms with Crippen LogP contribution in [0.3, 0.4) is 0 Å². The summed E-state index contributed by atoms with van der Waals surface area (Å²) in [5.41, 5.74) is 7.77. The predicted octanol–water partition coefficient (Wildman–Crippen LogP) is 7.89. The number of likely N-dealkylation sites (tertiary alicyclic amines) is 2. The minimum atomic E-state index is -0.140. The van der Waals surface area contributed by atoms with E-state index >= 15 is 0 Å². The molecular formula is C46H58N4O3. The Bertz CT molecular complexity index is 1550. The molecule has 0 aliphatic carbocycles. The van der Waals surface area contributed by atoms with E-state index in [-0.39, 0.29) is 37.1 Å². The third kappa shape index (κ3) is 11.8. The summed E-state index contributed by atoms with van der Waals surface area (Å²) in [6.07, 6.45) is 5.97. The molecule has 2 aliphatic rings. The summed E-state index contributed by atoms with van der Waals surface area (Å²) in [5.74, 6) is 0.708. The normalized spacial score (nSPS) is 17.2. The second-order valence-electron chi connectivity index (χ2n) is 15.2. The Labute approximate surface area is 317 Å². The van der Waals surface area contributed by atoms with Crippen molar-refractivity contribution in [3.05, 3.63) is 120 Å². The van der Waals surface area contributed by atoms with E-state index in [9.17, 15) is 9.59 Å². The molecule has 4 aromatic rings. The number of hydrogen-bond donors (Lipinski definition) is 2. The van der Waals surface area contributed by atoms with Crippen LogP contribution in [0.2, 0.25) is 0 Å². The third-order valence-electron chi connectivity index (χ3n) is 11.3. The topological polar surface area (TPSA) is 73.9 Å². The highest BCUT2D eigenvalue weighted by Gasteiger charge is 2.23. The molecule has 2 saturated heterocycles. The molecule has 2 aliphatic heterocycles. The highest BCUT2D eigenvalue weighted by Crippen LogP contribution is 2.27. The number of piperidine rings is 2. The molecule has 2 atom stereocenters. The number of carbonyl (C=O) groups is 2. The smallest absolute Gasteiger partial charge is 0.246 e. The first kappa shape index (κ1) is 38.4. The van der Waals surface area contributed by atoms with Crippen molar-refractivity contribution in [1.29, 1.82) is 0 Å². The summed E-state index contributed by atoms with van der Waals surface area (Å²) in [6, 6.07) is 39.3. The predicted molar refractivity (Wildman–Crippen MR) is 216 cm³/mol. The fraction of sp³-hybridized carbons (Fsp3) is 0.435. The molecular weight excluding hydrogens is 657 g/mol. The van der Waals surface area contributed by atoms with Crippen molar-refractivity contribution in [3.8, 4) is 22.3 Å². The highest BCUT2D eigenvalue weighted by molar-refractivity contribution is 5.80. The zero-order valence-electron chi connectivity index (χ0n) is 31.7. The molecule has 0 radical (unpaired) electrons. The molecule has 0 spiro atoms. The molecule has 53 heavy (non-hydrogen) atoms. The lowest BCUT2D eigenvalue weighted by Crippen LogP contribution is -2.47. The Kier molecular flexibility index (Phi) is 14.3. The van der Waals surface area contributed by atoms with Gasteiger partial charge in [0.25, 0.3) is 0 Å². The fourth-order valence-electron chi connectivity index (χ4n) is 7.73. The van der Waals surface area contributed by atoms with Crippen molar-refractivity contribution < 1.29 is 14.3 Å². The minimum absolute atomic E-state index is 0.0835. The van der Waals surface area contributed by atoms with Gasteiger partial charge in [0.05, 0.1) is 0 Å². The van der Waals surface area contributed by atoms with Gasteiger partial charge in [-0.25, -0.2) is 0 Å². The van der Waals surface area contributed by atoms with Crippen LogP contribution in [0.1, 0.15) is 75.3 Å². The van der Waals surface area contributed by atoms with Gasteiger partial charge < -0.3 is 25.2 Å². The number of hydrogen-bond acceptors (Lipinski definition) is 5. The Morgan fingerprint density at radius 3 is 1.25 bits per heavy atom. The summed E-state index contributed by atoms with van der Waals surface area (Å²) in [6.45, 7) is 10.5. The first-order chi connectivity index (χ1) is 25.9. The molecule has 4 aromatic carbocycles. The third-order valence-corrected chi connectivity index (χ3v) is 11.3. The Morgan fingerprint density at radius 1 is 0.547 bits per heavy atom. The van der Waals surface area contributed by atoms with Crippen molar-refractivity contribution in [3.63, 3.8) is 0 Å². The lowest BCUT2D eigenvalue weighted by atomic mass is 9.94. The van der Waals surface area contributed by atoms with Crippen LogP contribution in [0.25, 0.3) is 22.3 Å². The Hall–Kier alpha value is -4.30. The quantitative estimate of drug-likeness (QED) is 0.124. The van der Waals surface area contributed by atoms with E-state index < -0.39 is 0 Å². The van der Waals surface area contributed by atoms with E-state index in [1.807, 2.05) is 0 Å². The molecule has 2 N–H and O–H groups in total. The Balaban J connectivity index is 0.788. The molecule has 0 bridgehead atoms. The number of benzene rings is 4. The maximum atomic E-state index is 12.6. The Morgan fingerprint density at radius 2 is 0.887 bits per heavy atom. The van der Waals surface area contributed by atoms with E-state index in [4.69, 9.17) is 4.74 Å². The van der Waals surface area contributed by atoms with Crippen molar-refractivity contribution in [2.45, 2.75) is 76.3 Å². The van der Waals surface area contributed by atoms with Gasteiger partial charge in [-0.05, 0) is 96.8 Å². The molecule has 7 nitrogen and oxygen atoms in total. The molecule has 0 unspecified atom stereocenters. The number of nitrogens with one attached hydrogen (secondary N) is 2. The number of carbonyl (C=O) groups excluding carboxylic acids is 2. The lowest BCUT2D eigenvalue weighted by Gasteiger charge is -2.33. The van der Waals surface area contributed by atoms with E-state index in [2.05, 4.69) is 143 Å². The van der Waals surface area contributed by atoms with Gasteiger partial charge >= 0.3 is 0 Å². The molecule has 2 heterocycles. The first-order valence-corrected chi connectivity index (χ1v) is 19.8. The van der Waals surface area contributed by atoms with Crippen molar-refractivity contribution in [2.75, 3.05) is 52.5 Å². The second kappa shape index (κ2) is 19.7. The fourth-order valence-corrected chi connectivity index (χ4v) is 7.73. The maximum Gasteiger partial charge on any atom is 0.246 e. The minimum Gasteiger partial charge on any atom is -0.362 e. The maximum absolute atomic E-state index is 12.6. The molecule has 2 fully saturated rings. The molecule has 0 saturated carbocycles. The lowest BCUT2D eigenvalue weighted by molar-refractivity contribution is -0.132. The van der Waals surface area contributed by atoms with E-state index in [0.29, 0.717) is 11.8 Å². The first-order valence-electron chi connectivity index (χ1n) is 19.8. The summed E-state index contributed by atoms with van der Waals surface area (Å²) in [7, 11) is 0. The average Bonchev–Trinajstić information content (AvgIpc) is 3.21. The van der Waals surface area contributed by atoms with Crippen LogP contribution in [-0.2, 0) is 14.3 Å². The largest absolute Gasteiger partial charge is 0.362 e. The number of nitrogens with zero attached hydrogens (tertiary/aromatic N) is 2. The van der Waals surface area contributed by atoms with Gasteiger partial charge in [0.15, 0.2) is 0 Å². The average molecular weight is 715 g/mol. The molecule has 0 aromatic heterocycles. The van der Waals surface area contributed by atoms with E-state index in [0.717, 1.165) is 77.8 Å². The summed E-state index contributed by atoms with van der Waals surface area (Å²) < 4.78 is 5.52. The SMILES string of the molecule is C[C@H](CCN1CCC(NC(=O)COCC(=O)NC2CCN(CC[C@@H](C)c3ccc(-c4ccccc4)cc3)CC2)CC1)c1ccc(-c2ccccc2)cc1.